The summed E-state index contributed by atoms with van der Waals surface area (Å²) in [7, 11) is -3.24. The summed E-state index contributed by atoms with van der Waals surface area (Å²) in [6.45, 7) is 6.10. The number of nitrogens with zero attached hydrogens (tertiary/aromatic N) is 1. The normalized spacial score (nSPS) is 32.1. The van der Waals surface area contributed by atoms with Gasteiger partial charge in [0.05, 0.1) is 12.5 Å². The van der Waals surface area contributed by atoms with Crippen LogP contribution in [0.2, 0.25) is 18.6 Å². The minimum Gasteiger partial charge on any atom is -0.441 e. The molecule has 3 aliphatic heterocycles. The van der Waals surface area contributed by atoms with Crippen LogP contribution in [0, 0.1) is 5.92 Å². The summed E-state index contributed by atoms with van der Waals surface area (Å²) in [4.78, 5) is 38.1. The van der Waals surface area contributed by atoms with Crippen molar-refractivity contribution in [3.63, 3.8) is 0 Å². The highest BCUT2D eigenvalue weighted by atomic mass is 28.4. The summed E-state index contributed by atoms with van der Waals surface area (Å²) in [6.07, 6.45) is -0.961. The number of fused-ring (bicyclic) bond motifs is 2. The van der Waals surface area contributed by atoms with Crippen LogP contribution in [0.1, 0.15) is 32.3 Å². The number of amides is 2. The van der Waals surface area contributed by atoms with Crippen LogP contribution in [-0.2, 0) is 29.5 Å². The second-order valence-electron chi connectivity index (χ2n) is 9.00. The Morgan fingerprint density at radius 1 is 1.42 bits per heavy atom. The fourth-order valence-electron chi connectivity index (χ4n) is 5.38. The Morgan fingerprint density at radius 3 is 2.71 bits per heavy atom. The molecule has 2 saturated heterocycles. The highest BCUT2D eigenvalue weighted by Crippen LogP contribution is 2.59. The van der Waals surface area contributed by atoms with Gasteiger partial charge in [0.15, 0.2) is 11.8 Å². The number of rotatable bonds is 5. The number of hydrogen-bond donors (Lipinski definition) is 2. The van der Waals surface area contributed by atoms with Crippen LogP contribution in [-0.4, -0.2) is 50.2 Å². The van der Waals surface area contributed by atoms with E-state index < -0.39 is 43.8 Å². The first-order valence-electron chi connectivity index (χ1n) is 10.4. The third-order valence-corrected chi connectivity index (χ3v) is 9.06. The molecule has 1 unspecified atom stereocenters. The zero-order valence-electron chi connectivity index (χ0n) is 18.0. The van der Waals surface area contributed by atoms with Gasteiger partial charge in [-0.15, -0.1) is 0 Å². The molecule has 0 aliphatic carbocycles. The monoisotopic (exact) mass is 450 g/mol. The molecular weight excluding hydrogens is 423 g/mol. The smallest absolute Gasteiger partial charge is 0.304 e. The molecule has 0 bridgehead atoms. The number of anilines is 2. The molecule has 2 amide bonds. The zero-order valence-corrected chi connectivity index (χ0v) is 19.0. The van der Waals surface area contributed by atoms with Crippen molar-refractivity contribution in [3.05, 3.63) is 23.8 Å². The van der Waals surface area contributed by atoms with Crippen LogP contribution in [0.4, 0.5) is 15.5 Å². The number of carbonyl (C=O) groups is 3. The van der Waals surface area contributed by atoms with Crippen molar-refractivity contribution in [2.75, 3.05) is 16.8 Å². The van der Waals surface area contributed by atoms with E-state index in [-0.39, 0.29) is 31.3 Å². The molecule has 0 saturated carbocycles. The molecule has 2 N–H and O–H groups in total. The average molecular weight is 451 g/mol. The molecule has 168 valence electrons. The largest absolute Gasteiger partial charge is 0.441 e. The van der Waals surface area contributed by atoms with E-state index in [1.807, 2.05) is 6.92 Å². The molecule has 5 atom stereocenters. The van der Waals surface area contributed by atoms with Crippen molar-refractivity contribution in [1.82, 2.24) is 0 Å². The van der Waals surface area contributed by atoms with Crippen LogP contribution in [0.25, 0.3) is 0 Å². The summed E-state index contributed by atoms with van der Waals surface area (Å²) >= 11 is 0. The Balaban J connectivity index is 1.76. The van der Waals surface area contributed by atoms with Gasteiger partial charge in [-0.1, -0.05) is 6.92 Å². The van der Waals surface area contributed by atoms with Crippen LogP contribution in [0.15, 0.2) is 18.2 Å². The molecule has 3 aliphatic rings. The molecular formula is C21H27FN2O6Si. The summed E-state index contributed by atoms with van der Waals surface area (Å²) < 4.78 is 26.8. The summed E-state index contributed by atoms with van der Waals surface area (Å²) in [5.41, 5.74) is -0.338. The molecule has 2 fully saturated rings. The van der Waals surface area contributed by atoms with E-state index in [0.29, 0.717) is 16.9 Å². The fourth-order valence-corrected chi connectivity index (χ4v) is 7.93. The molecule has 1 aromatic rings. The second-order valence-corrected chi connectivity index (χ2v) is 12.8. The van der Waals surface area contributed by atoms with E-state index in [1.54, 1.807) is 31.3 Å². The van der Waals surface area contributed by atoms with Gasteiger partial charge in [0.1, 0.15) is 0 Å². The molecule has 8 nitrogen and oxygen atoms in total. The lowest BCUT2D eigenvalue weighted by molar-refractivity contribution is -0.153. The van der Waals surface area contributed by atoms with Gasteiger partial charge < -0.3 is 24.0 Å². The van der Waals surface area contributed by atoms with Gasteiger partial charge in [-0.25, -0.2) is 0 Å². The number of halogens is 1. The number of β-lactam (4-membered cyclic amide) rings is 1. The van der Waals surface area contributed by atoms with Crippen molar-refractivity contribution in [2.45, 2.75) is 63.3 Å². The van der Waals surface area contributed by atoms with Crippen molar-refractivity contribution in [1.29, 1.82) is 0 Å². The van der Waals surface area contributed by atoms with Gasteiger partial charge in [-0.05, 0) is 37.7 Å². The predicted molar refractivity (Wildman–Crippen MR) is 112 cm³/mol. The second kappa shape index (κ2) is 7.39. The molecule has 0 aromatic heterocycles. The number of carbonyl (C=O) groups excluding carboxylic acids is 3. The lowest BCUT2D eigenvalue weighted by Gasteiger charge is -2.39. The van der Waals surface area contributed by atoms with Crippen LogP contribution >= 0.6 is 0 Å². The molecule has 10 heteroatoms. The Kier molecular flexibility index (Phi) is 5.22. The van der Waals surface area contributed by atoms with Gasteiger partial charge in [0, 0.05) is 41.9 Å². The number of benzene rings is 1. The molecule has 4 rings (SSSR count). The highest BCUT2D eigenvalue weighted by molar-refractivity contribution is 6.72. The Hall–Kier alpha value is -2.30. The molecule has 0 radical (unpaired) electrons. The summed E-state index contributed by atoms with van der Waals surface area (Å²) in [5, 5.41) is 12.3. The van der Waals surface area contributed by atoms with E-state index in [2.05, 4.69) is 5.32 Å². The fraction of sp³-hybridized carbons (Fsp3) is 0.571. The Morgan fingerprint density at radius 2 is 2.13 bits per heavy atom. The number of hydrogen-bond acceptors (Lipinski definition) is 6. The van der Waals surface area contributed by atoms with Crippen molar-refractivity contribution >= 4 is 37.6 Å². The number of aliphatic hydroxyl groups excluding tert-OH is 1. The van der Waals surface area contributed by atoms with E-state index in [1.165, 1.54) is 11.8 Å². The standard InChI is InChI=1S/C21H27FN2O6Si/c1-11-19(31(3,4)22)16(7-8-25)30-21(11)14-9-13(5-6-15(14)23-20(21)28)24-17(27)10-18(24)29-12(2)26/h5-6,9,11,16,18-19,25H,7-8,10H2,1-4H3,(H,23,28)/t11-,16+,18?,19-,21+/m0/s1. The van der Waals surface area contributed by atoms with Gasteiger partial charge >= 0.3 is 5.97 Å². The average Bonchev–Trinajstić information content (AvgIpc) is 3.09. The SMILES string of the molecule is CC(=O)OC1CC(=O)N1c1ccc2c(c1)[C@@]1(O[C@H](CCO)[C@@H]([Si](C)(C)F)[C@@H]1C)C(=O)N2. The van der Waals surface area contributed by atoms with Crippen LogP contribution in [0.5, 0.6) is 0 Å². The number of esters is 1. The van der Waals surface area contributed by atoms with Crippen molar-refractivity contribution < 1.29 is 33.1 Å². The topological polar surface area (TPSA) is 105 Å². The van der Waals surface area contributed by atoms with Gasteiger partial charge in [0.25, 0.3) is 5.91 Å². The third-order valence-electron chi connectivity index (χ3n) is 6.60. The number of aliphatic hydroxyl groups is 1. The Bertz CT molecular complexity index is 950. The van der Waals surface area contributed by atoms with E-state index in [0.717, 1.165) is 0 Å². The maximum atomic E-state index is 15.3. The van der Waals surface area contributed by atoms with E-state index in [4.69, 9.17) is 9.47 Å². The van der Waals surface area contributed by atoms with E-state index in [9.17, 15) is 19.5 Å². The lowest BCUT2D eigenvalue weighted by atomic mass is 9.82. The quantitative estimate of drug-likeness (QED) is 0.309. The highest BCUT2D eigenvalue weighted by Gasteiger charge is 2.65. The molecule has 1 aromatic carbocycles. The van der Waals surface area contributed by atoms with Gasteiger partial charge in [-0.2, -0.15) is 0 Å². The summed E-state index contributed by atoms with van der Waals surface area (Å²) in [5.74, 6) is -1.54. The minimum atomic E-state index is -3.24. The predicted octanol–water partition coefficient (Wildman–Crippen LogP) is 2.42. The van der Waals surface area contributed by atoms with Crippen molar-refractivity contribution in [3.8, 4) is 0 Å². The third kappa shape index (κ3) is 3.28. The minimum absolute atomic E-state index is 0.0914. The van der Waals surface area contributed by atoms with Crippen LogP contribution in [0.3, 0.4) is 0 Å². The Labute approximate surface area is 180 Å². The van der Waals surface area contributed by atoms with E-state index >= 15 is 4.11 Å². The molecule has 31 heavy (non-hydrogen) atoms. The molecule has 1 spiro atoms. The van der Waals surface area contributed by atoms with Gasteiger partial charge in [-0.3, -0.25) is 19.3 Å². The summed E-state index contributed by atoms with van der Waals surface area (Å²) in [6, 6.07) is 5.03. The maximum Gasteiger partial charge on any atom is 0.304 e. The first-order valence-corrected chi connectivity index (χ1v) is 13.4. The maximum absolute atomic E-state index is 15.3. The number of nitrogens with one attached hydrogen (secondary N) is 1. The molecule has 3 heterocycles. The zero-order chi connectivity index (χ0) is 22.7. The van der Waals surface area contributed by atoms with Gasteiger partial charge in [0.2, 0.25) is 14.3 Å². The van der Waals surface area contributed by atoms with Crippen molar-refractivity contribution in [2.24, 2.45) is 5.92 Å². The first-order chi connectivity index (χ1) is 14.5. The lowest BCUT2D eigenvalue weighted by Crippen LogP contribution is -2.55. The van der Waals surface area contributed by atoms with Crippen LogP contribution < -0.4 is 10.2 Å². The first kappa shape index (κ1) is 21.9. The number of ether oxygens (including phenoxy) is 2.